The van der Waals surface area contributed by atoms with Crippen molar-refractivity contribution in [3.8, 4) is 5.75 Å². The number of ether oxygens (including phenoxy) is 1. The Bertz CT molecular complexity index is 2680. The lowest BCUT2D eigenvalue weighted by atomic mass is 9.89. The summed E-state index contributed by atoms with van der Waals surface area (Å²) in [5, 5.41) is 45.9. The summed E-state index contributed by atoms with van der Waals surface area (Å²) < 4.78 is 7.84. The topological polar surface area (TPSA) is 278 Å². The molecule has 21 nitrogen and oxygen atoms in total. The molecule has 3 aliphatic rings. The number of nitrogens with zero attached hydrogens (tertiary/aromatic N) is 5. The Labute approximate surface area is 437 Å². The van der Waals surface area contributed by atoms with Gasteiger partial charge < -0.3 is 55.5 Å². The number of carbonyl (C=O) groups excluding carboxylic acids is 7. The van der Waals surface area contributed by atoms with Crippen LogP contribution in [0.1, 0.15) is 99.1 Å². The molecule has 4 heterocycles. The number of epoxide rings is 1. The zero-order valence-electron chi connectivity index (χ0n) is 44.9. The Balaban J connectivity index is 1.51. The second kappa shape index (κ2) is 23.8. The van der Waals surface area contributed by atoms with Gasteiger partial charge in [-0.3, -0.25) is 43.7 Å². The van der Waals surface area contributed by atoms with Gasteiger partial charge in [-0.15, -0.1) is 0 Å². The molecule has 6 N–H and O–H groups in total. The molecule has 75 heavy (non-hydrogen) atoms. The van der Waals surface area contributed by atoms with Gasteiger partial charge in [0.1, 0.15) is 54.6 Å². The SMILES string of the molecule is C/C=C/CC1NC(=O)[C@H](CC(C)C)N2C(=O)[C@H](C[C@H](C)[C@H]2O)N(C)C(=O)[C@H](C)NC(=O)[C@H](Cc2ccc(O)c([N+](=O)[O-])c2)NC(=O)[C@H](CC(C)C)N(C)C(=O)[C@H](Cc2cn(C(C)(C)C3CO3)c3ccccc23)NC1=O. The third-order valence-corrected chi connectivity index (χ3v) is 14.7. The number of hydrogen-bond donors (Lipinski definition) is 6. The maximum atomic E-state index is 15.4. The summed E-state index contributed by atoms with van der Waals surface area (Å²) in [6.45, 7) is 16.8. The van der Waals surface area contributed by atoms with Crippen LogP contribution < -0.4 is 21.3 Å². The van der Waals surface area contributed by atoms with Crippen molar-refractivity contribution >= 4 is 57.9 Å². The highest BCUT2D eigenvalue weighted by molar-refractivity contribution is 5.99. The van der Waals surface area contributed by atoms with E-state index in [4.69, 9.17) is 4.74 Å². The number of nitro groups is 1. The second-order valence-electron chi connectivity index (χ2n) is 21.8. The Morgan fingerprint density at radius 1 is 0.800 bits per heavy atom. The Hall–Kier alpha value is -6.87. The molecule has 10 atom stereocenters. The van der Waals surface area contributed by atoms with E-state index < -0.39 is 118 Å². The van der Waals surface area contributed by atoms with Crippen molar-refractivity contribution in [2.75, 3.05) is 20.7 Å². The number of nitro benzene ring substituents is 1. The zero-order valence-corrected chi connectivity index (χ0v) is 44.9. The van der Waals surface area contributed by atoms with Crippen molar-refractivity contribution in [1.29, 1.82) is 0 Å². The molecule has 3 aromatic rings. The monoisotopic (exact) mass is 1040 g/mol. The first-order valence-corrected chi connectivity index (χ1v) is 25.8. The maximum absolute atomic E-state index is 15.4. The lowest BCUT2D eigenvalue weighted by Crippen LogP contribution is -2.66. The summed E-state index contributed by atoms with van der Waals surface area (Å²) in [4.78, 5) is 118. The molecule has 3 fully saturated rings. The average Bonchev–Trinajstić information content (AvgIpc) is 4.16. The number of fused-ring (bicyclic) bond motifs is 3. The van der Waals surface area contributed by atoms with Crippen LogP contribution in [0.15, 0.2) is 60.8 Å². The molecule has 0 spiro atoms. The molecule has 6 rings (SSSR count). The van der Waals surface area contributed by atoms with Crippen LogP contribution in [0.5, 0.6) is 5.75 Å². The number of likely N-dealkylation sites (N-methyl/N-ethyl adjacent to an activating group) is 2. The number of aromatic nitrogens is 1. The number of piperidine rings is 1. The van der Waals surface area contributed by atoms with Gasteiger partial charge in [0.25, 0.3) is 0 Å². The van der Waals surface area contributed by atoms with Crippen LogP contribution in [0.2, 0.25) is 0 Å². The number of aromatic hydroxyl groups is 1. The Morgan fingerprint density at radius 2 is 1.40 bits per heavy atom. The predicted molar refractivity (Wildman–Crippen MR) is 278 cm³/mol. The lowest BCUT2D eigenvalue weighted by Gasteiger charge is -2.46. The minimum atomic E-state index is -1.53. The van der Waals surface area contributed by atoms with E-state index >= 15 is 4.79 Å². The van der Waals surface area contributed by atoms with Gasteiger partial charge in [0.2, 0.25) is 41.4 Å². The number of hydrogen-bond acceptors (Lipinski definition) is 12. The van der Waals surface area contributed by atoms with Gasteiger partial charge in [-0.1, -0.05) is 71.0 Å². The molecule has 21 heteroatoms. The molecule has 7 amide bonds. The van der Waals surface area contributed by atoms with Crippen molar-refractivity contribution in [1.82, 2.24) is 40.5 Å². The molecule has 2 unspecified atom stereocenters. The highest BCUT2D eigenvalue weighted by Crippen LogP contribution is 2.37. The smallest absolute Gasteiger partial charge is 0.310 e. The molecule has 0 radical (unpaired) electrons. The largest absolute Gasteiger partial charge is 0.502 e. The van der Waals surface area contributed by atoms with Crippen LogP contribution >= 0.6 is 0 Å². The van der Waals surface area contributed by atoms with Gasteiger partial charge in [0, 0.05) is 56.0 Å². The van der Waals surface area contributed by atoms with E-state index in [-0.39, 0.29) is 62.0 Å². The minimum Gasteiger partial charge on any atom is -0.502 e. The van der Waals surface area contributed by atoms with Gasteiger partial charge >= 0.3 is 5.69 Å². The molecule has 0 aliphatic carbocycles. The van der Waals surface area contributed by atoms with E-state index in [9.17, 15) is 49.1 Å². The quantitative estimate of drug-likeness (QED) is 0.0622. The summed E-state index contributed by atoms with van der Waals surface area (Å²) >= 11 is 0. The zero-order chi connectivity index (χ0) is 55.4. The van der Waals surface area contributed by atoms with Crippen molar-refractivity contribution in [3.63, 3.8) is 0 Å². The van der Waals surface area contributed by atoms with Crippen LogP contribution in [0.4, 0.5) is 5.69 Å². The van der Waals surface area contributed by atoms with E-state index in [2.05, 4.69) is 25.8 Å². The molecule has 3 saturated heterocycles. The number of phenols is 1. The third kappa shape index (κ3) is 13.0. The van der Waals surface area contributed by atoms with E-state index in [1.165, 1.54) is 32.0 Å². The van der Waals surface area contributed by atoms with Crippen LogP contribution in [-0.4, -0.2) is 151 Å². The first-order valence-electron chi connectivity index (χ1n) is 25.8. The number of benzene rings is 2. The maximum Gasteiger partial charge on any atom is 0.310 e. The first-order chi connectivity index (χ1) is 35.3. The molecular formula is C54H75N9O12. The van der Waals surface area contributed by atoms with Gasteiger partial charge in [-0.05, 0) is 88.5 Å². The fourth-order valence-electron chi connectivity index (χ4n) is 10.2. The number of amides is 7. The normalized spacial score (nSPS) is 27.1. The van der Waals surface area contributed by atoms with Crippen molar-refractivity contribution in [2.24, 2.45) is 17.8 Å². The van der Waals surface area contributed by atoms with Crippen LogP contribution in [0.25, 0.3) is 10.9 Å². The second-order valence-corrected chi connectivity index (χ2v) is 21.8. The minimum absolute atomic E-state index is 0.00916. The number of aliphatic hydroxyl groups is 1. The Kier molecular flexibility index (Phi) is 18.2. The van der Waals surface area contributed by atoms with Crippen molar-refractivity contribution < 1.29 is 53.4 Å². The fourth-order valence-corrected chi connectivity index (χ4v) is 10.2. The summed E-state index contributed by atoms with van der Waals surface area (Å²) in [5.41, 5.74) is 0.535. The van der Waals surface area contributed by atoms with Gasteiger partial charge in [0.15, 0.2) is 5.75 Å². The molecule has 1 aromatic heterocycles. The Morgan fingerprint density at radius 3 is 2.03 bits per heavy atom. The van der Waals surface area contributed by atoms with E-state index in [0.717, 1.165) is 32.8 Å². The number of phenolic OH excluding ortho intramolecular Hbond substituents is 1. The molecule has 2 aromatic carbocycles. The predicted octanol–water partition coefficient (Wildman–Crippen LogP) is 3.41. The van der Waals surface area contributed by atoms with Gasteiger partial charge in [-0.2, -0.15) is 0 Å². The van der Waals surface area contributed by atoms with Crippen LogP contribution in [0.3, 0.4) is 0 Å². The standard InChI is InChI=1S/C54H75N9O12/c1-12-13-17-36-46(65)58-38(26-34-27-61(54(8,9)45-28-75-45)39-18-15-14-16-35(34)39)52(71)59(10)41(21-29(2)3)48(67)57-37(24-33-19-20-44(64)40(25-33)63(73)74)47(66)55-32(7)51(70)60(11)43-23-31(6)50(69)62(53(43)72)42(22-30(4)5)49(68)56-36/h12-16,18-20,25,27,29-32,36-38,41-43,45,50,64,69H,17,21-24,26,28H2,1-11H3,(H,55,66)(H,56,68)(H,57,67)(H,58,65)/b13-12+/t31-,32-,36?,37-,38-,41-,42-,43-,45?,50+/m0/s1. The molecule has 0 saturated carbocycles. The number of rotatable bonds is 13. The number of para-hydroxylation sites is 1. The summed E-state index contributed by atoms with van der Waals surface area (Å²) in [6.07, 6.45) is 3.36. The first kappa shape index (κ1) is 57.4. The van der Waals surface area contributed by atoms with E-state index in [1.807, 2.05) is 72.0 Å². The summed E-state index contributed by atoms with van der Waals surface area (Å²) in [5.74, 6) is -7.06. The molecule has 2 bridgehead atoms. The number of allylic oxidation sites excluding steroid dienone is 1. The lowest BCUT2D eigenvalue weighted by molar-refractivity contribution is -0.385. The molecule has 3 aliphatic heterocycles. The van der Waals surface area contributed by atoms with Crippen LogP contribution in [-0.2, 0) is 56.7 Å². The third-order valence-electron chi connectivity index (χ3n) is 14.7. The number of nitrogens with one attached hydrogen (secondary N) is 4. The summed E-state index contributed by atoms with van der Waals surface area (Å²) in [7, 11) is 2.79. The number of aliphatic hydroxyl groups excluding tert-OH is 1. The van der Waals surface area contributed by atoms with E-state index in [1.54, 1.807) is 26.0 Å². The van der Waals surface area contributed by atoms with Crippen molar-refractivity contribution in [2.45, 2.75) is 161 Å². The van der Waals surface area contributed by atoms with Gasteiger partial charge in [0.05, 0.1) is 17.1 Å². The molecular weight excluding hydrogens is 967 g/mol. The van der Waals surface area contributed by atoms with E-state index in [0.29, 0.717) is 12.2 Å². The fraction of sp³-hybridized carbons (Fsp3) is 0.574. The number of carbonyl (C=O) groups is 7. The highest BCUT2D eigenvalue weighted by Gasteiger charge is 2.48. The highest BCUT2D eigenvalue weighted by atomic mass is 16.6. The van der Waals surface area contributed by atoms with Crippen molar-refractivity contribution in [3.05, 3.63) is 82.1 Å². The average molecular weight is 1040 g/mol. The molecule has 408 valence electrons. The summed E-state index contributed by atoms with van der Waals surface area (Å²) in [6, 6.07) is 1.75. The van der Waals surface area contributed by atoms with Gasteiger partial charge in [-0.25, -0.2) is 0 Å². The van der Waals surface area contributed by atoms with Crippen LogP contribution in [0, 0.1) is 27.9 Å².